The molecular formula is C11H22KN. The minimum absolute atomic E-state index is 0. The number of piperidine rings is 1. The van der Waals surface area contributed by atoms with Crippen LogP contribution in [-0.4, -0.2) is 24.0 Å². The Hall–Kier alpha value is 1.60. The van der Waals surface area contributed by atoms with Gasteiger partial charge in [-0.1, -0.05) is 26.7 Å². The Morgan fingerprint density at radius 2 is 1.85 bits per heavy atom. The average Bonchev–Trinajstić information content (AvgIpc) is 2.07. The standard InChI is InChI=1S/C9H16N.C2H6.K/c1-2-7-10(8-3-1)9-5-4-6-9;1-2;/h2,9H,1,3-8H2;1-2H3;/q-1;;+1. The van der Waals surface area contributed by atoms with E-state index in [-0.39, 0.29) is 51.4 Å². The first-order valence-electron chi connectivity index (χ1n) is 5.52. The molecule has 1 aliphatic carbocycles. The summed E-state index contributed by atoms with van der Waals surface area (Å²) >= 11 is 0. The molecule has 0 amide bonds. The largest absolute Gasteiger partial charge is 1.00 e. The van der Waals surface area contributed by atoms with Gasteiger partial charge in [0.2, 0.25) is 0 Å². The topological polar surface area (TPSA) is 3.24 Å². The Morgan fingerprint density at radius 1 is 1.15 bits per heavy atom. The predicted molar refractivity (Wildman–Crippen MR) is 54.1 cm³/mol. The third-order valence-electron chi connectivity index (χ3n) is 2.81. The quantitative estimate of drug-likeness (QED) is 0.428. The molecule has 0 atom stereocenters. The number of hydrogen-bond donors (Lipinski definition) is 0. The van der Waals surface area contributed by atoms with E-state index in [0.29, 0.717) is 0 Å². The van der Waals surface area contributed by atoms with Gasteiger partial charge in [0.05, 0.1) is 0 Å². The van der Waals surface area contributed by atoms with Crippen molar-refractivity contribution in [1.29, 1.82) is 0 Å². The monoisotopic (exact) mass is 207 g/mol. The predicted octanol–water partition coefficient (Wildman–Crippen LogP) is -0.131. The van der Waals surface area contributed by atoms with E-state index in [9.17, 15) is 0 Å². The second kappa shape index (κ2) is 8.87. The first-order chi connectivity index (χ1) is 5.97. The Kier molecular flexibility index (Phi) is 9.96. The number of rotatable bonds is 1. The summed E-state index contributed by atoms with van der Waals surface area (Å²) in [6.45, 7) is 6.63. The van der Waals surface area contributed by atoms with Gasteiger partial charge in [0.15, 0.2) is 0 Å². The van der Waals surface area contributed by atoms with Gasteiger partial charge >= 0.3 is 51.4 Å². The van der Waals surface area contributed by atoms with E-state index in [2.05, 4.69) is 11.3 Å². The molecule has 0 unspecified atom stereocenters. The Morgan fingerprint density at radius 3 is 2.23 bits per heavy atom. The van der Waals surface area contributed by atoms with Gasteiger partial charge in [-0.3, -0.25) is 0 Å². The van der Waals surface area contributed by atoms with Gasteiger partial charge in [-0.15, -0.1) is 6.54 Å². The summed E-state index contributed by atoms with van der Waals surface area (Å²) in [5.41, 5.74) is 0. The van der Waals surface area contributed by atoms with Gasteiger partial charge in [0, 0.05) is 6.04 Å². The van der Waals surface area contributed by atoms with Crippen LogP contribution in [0.3, 0.4) is 0 Å². The third-order valence-corrected chi connectivity index (χ3v) is 2.81. The van der Waals surface area contributed by atoms with E-state index in [4.69, 9.17) is 0 Å². The SMILES string of the molecule is CC.[CH-]1CCCN(C2CCC2)C1.[K+]. The molecule has 0 aromatic rings. The number of likely N-dealkylation sites (tertiary alicyclic amines) is 1. The van der Waals surface area contributed by atoms with Gasteiger partial charge in [-0.05, 0) is 19.4 Å². The summed E-state index contributed by atoms with van der Waals surface area (Å²) < 4.78 is 0. The van der Waals surface area contributed by atoms with E-state index < -0.39 is 0 Å². The van der Waals surface area contributed by atoms with Crippen molar-refractivity contribution in [3.05, 3.63) is 6.42 Å². The molecule has 1 saturated heterocycles. The first kappa shape index (κ1) is 14.6. The first-order valence-corrected chi connectivity index (χ1v) is 5.52. The summed E-state index contributed by atoms with van der Waals surface area (Å²) in [7, 11) is 0. The minimum Gasteiger partial charge on any atom is -0.330 e. The van der Waals surface area contributed by atoms with Crippen LogP contribution < -0.4 is 51.4 Å². The fourth-order valence-electron chi connectivity index (χ4n) is 1.87. The van der Waals surface area contributed by atoms with Gasteiger partial charge in [0.25, 0.3) is 0 Å². The molecule has 0 aromatic carbocycles. The van der Waals surface area contributed by atoms with Crippen molar-refractivity contribution in [2.24, 2.45) is 0 Å². The van der Waals surface area contributed by atoms with Crippen molar-refractivity contribution in [3.63, 3.8) is 0 Å². The van der Waals surface area contributed by atoms with Crippen molar-refractivity contribution in [2.45, 2.75) is 52.0 Å². The van der Waals surface area contributed by atoms with Crippen molar-refractivity contribution < 1.29 is 51.4 Å². The van der Waals surface area contributed by atoms with Gasteiger partial charge in [0.1, 0.15) is 0 Å². The zero-order valence-electron chi connectivity index (χ0n) is 9.55. The van der Waals surface area contributed by atoms with Crippen LogP contribution in [0.5, 0.6) is 0 Å². The van der Waals surface area contributed by atoms with Crippen LogP contribution in [0.2, 0.25) is 0 Å². The van der Waals surface area contributed by atoms with Crippen LogP contribution in [0.1, 0.15) is 46.0 Å². The second-order valence-electron chi connectivity index (χ2n) is 3.51. The van der Waals surface area contributed by atoms with E-state index in [1.165, 1.54) is 45.2 Å². The Labute approximate surface area is 126 Å². The molecule has 0 radical (unpaired) electrons. The maximum Gasteiger partial charge on any atom is 1.00 e. The Balaban J connectivity index is 0.000000451. The molecule has 2 rings (SSSR count). The Bertz CT molecular complexity index is 107. The molecule has 0 aromatic heterocycles. The van der Waals surface area contributed by atoms with E-state index in [1.807, 2.05) is 13.8 Å². The molecule has 0 bridgehead atoms. The normalized spacial score (nSPS) is 23.5. The molecule has 1 nitrogen and oxygen atoms in total. The van der Waals surface area contributed by atoms with Crippen LogP contribution in [0, 0.1) is 6.42 Å². The van der Waals surface area contributed by atoms with E-state index >= 15 is 0 Å². The van der Waals surface area contributed by atoms with Gasteiger partial charge in [-0.25, -0.2) is 0 Å². The third kappa shape index (κ3) is 4.76. The smallest absolute Gasteiger partial charge is 0.330 e. The zero-order valence-corrected chi connectivity index (χ0v) is 12.7. The molecular weight excluding hydrogens is 185 g/mol. The minimum atomic E-state index is 0. The van der Waals surface area contributed by atoms with Gasteiger partial charge in [-0.2, -0.15) is 6.42 Å². The summed E-state index contributed by atoms with van der Waals surface area (Å²) in [5.74, 6) is 0. The van der Waals surface area contributed by atoms with Crippen LogP contribution in [0.15, 0.2) is 0 Å². The van der Waals surface area contributed by atoms with Crippen molar-refractivity contribution >= 4 is 0 Å². The van der Waals surface area contributed by atoms with Crippen molar-refractivity contribution in [1.82, 2.24) is 4.90 Å². The molecule has 1 heterocycles. The number of hydrogen-bond acceptors (Lipinski definition) is 1. The van der Waals surface area contributed by atoms with Crippen molar-refractivity contribution in [2.75, 3.05) is 13.1 Å². The van der Waals surface area contributed by atoms with E-state index in [0.717, 1.165) is 6.04 Å². The molecule has 2 heteroatoms. The molecule has 1 aliphatic heterocycles. The second-order valence-corrected chi connectivity index (χ2v) is 3.51. The molecule has 13 heavy (non-hydrogen) atoms. The van der Waals surface area contributed by atoms with Crippen LogP contribution in [-0.2, 0) is 0 Å². The van der Waals surface area contributed by atoms with Crippen LogP contribution in [0.25, 0.3) is 0 Å². The fraction of sp³-hybridized carbons (Fsp3) is 0.909. The molecule has 1 saturated carbocycles. The zero-order chi connectivity index (χ0) is 8.81. The summed E-state index contributed by atoms with van der Waals surface area (Å²) in [4.78, 5) is 2.65. The van der Waals surface area contributed by atoms with E-state index in [1.54, 1.807) is 0 Å². The fourth-order valence-corrected chi connectivity index (χ4v) is 1.87. The maximum absolute atomic E-state index is 2.65. The molecule has 0 spiro atoms. The number of nitrogens with zero attached hydrogens (tertiary/aromatic N) is 1. The van der Waals surface area contributed by atoms with Crippen LogP contribution >= 0.6 is 0 Å². The summed E-state index contributed by atoms with van der Waals surface area (Å²) in [6, 6.07) is 0.969. The van der Waals surface area contributed by atoms with Crippen molar-refractivity contribution in [3.8, 4) is 0 Å². The summed E-state index contributed by atoms with van der Waals surface area (Å²) in [5, 5.41) is 0. The average molecular weight is 207 g/mol. The molecule has 2 fully saturated rings. The summed E-state index contributed by atoms with van der Waals surface area (Å²) in [6.07, 6.45) is 9.59. The molecule has 0 N–H and O–H groups in total. The molecule has 72 valence electrons. The van der Waals surface area contributed by atoms with Crippen LogP contribution in [0.4, 0.5) is 0 Å². The maximum atomic E-state index is 2.65. The molecule has 2 aliphatic rings. The van der Waals surface area contributed by atoms with Gasteiger partial charge < -0.3 is 11.3 Å².